The van der Waals surface area contributed by atoms with Crippen LogP contribution >= 0.6 is 11.8 Å². The molecule has 5 heteroatoms. The van der Waals surface area contributed by atoms with Gasteiger partial charge in [-0.15, -0.1) is 11.8 Å². The Morgan fingerprint density at radius 2 is 2.06 bits per heavy atom. The van der Waals surface area contributed by atoms with Crippen LogP contribution < -0.4 is 5.32 Å². The Morgan fingerprint density at radius 3 is 2.61 bits per heavy atom. The molecule has 0 aromatic heterocycles. The van der Waals surface area contributed by atoms with E-state index in [0.29, 0.717) is 10.6 Å². The average molecular weight is 275 g/mol. The van der Waals surface area contributed by atoms with Crippen molar-refractivity contribution in [1.82, 2.24) is 5.32 Å². The quantitative estimate of drug-likeness (QED) is 0.806. The number of benzene rings is 1. The van der Waals surface area contributed by atoms with E-state index in [2.05, 4.69) is 5.32 Å². The highest BCUT2D eigenvalue weighted by atomic mass is 32.2. The first kappa shape index (κ1) is 15.4. The van der Waals surface area contributed by atoms with Crippen LogP contribution in [0.4, 0.5) is 8.78 Å². The number of hydrogen-bond acceptors (Lipinski definition) is 3. The molecule has 0 saturated heterocycles. The fraction of sp³-hybridized carbons (Fsp3) is 0.538. The van der Waals surface area contributed by atoms with Crippen molar-refractivity contribution in [3.8, 4) is 0 Å². The van der Waals surface area contributed by atoms with E-state index in [-0.39, 0.29) is 11.6 Å². The van der Waals surface area contributed by atoms with Crippen LogP contribution in [0.2, 0.25) is 0 Å². The van der Waals surface area contributed by atoms with Gasteiger partial charge >= 0.3 is 0 Å². The van der Waals surface area contributed by atoms with Crippen molar-refractivity contribution in [2.75, 3.05) is 19.9 Å². The highest BCUT2D eigenvalue weighted by Crippen LogP contribution is 2.26. The molecule has 1 aromatic rings. The maximum Gasteiger partial charge on any atom is 0.136 e. The lowest BCUT2D eigenvalue weighted by Crippen LogP contribution is -2.48. The van der Waals surface area contributed by atoms with Gasteiger partial charge < -0.3 is 10.1 Å². The van der Waals surface area contributed by atoms with Crippen molar-refractivity contribution in [3.63, 3.8) is 0 Å². The third kappa shape index (κ3) is 3.93. The highest BCUT2D eigenvalue weighted by Gasteiger charge is 2.28. The van der Waals surface area contributed by atoms with E-state index in [4.69, 9.17) is 4.74 Å². The maximum absolute atomic E-state index is 13.5. The van der Waals surface area contributed by atoms with Crippen molar-refractivity contribution in [2.24, 2.45) is 0 Å². The van der Waals surface area contributed by atoms with Crippen molar-refractivity contribution in [1.29, 1.82) is 0 Å². The zero-order valence-corrected chi connectivity index (χ0v) is 11.9. The molecule has 1 rings (SSSR count). The average Bonchev–Trinajstić information content (AvgIpc) is 2.34. The summed E-state index contributed by atoms with van der Waals surface area (Å²) in [5.74, 6) is -0.227. The Hall–Kier alpha value is -0.650. The Kier molecular flexibility index (Phi) is 5.56. The molecule has 0 radical (unpaired) electrons. The van der Waals surface area contributed by atoms with Gasteiger partial charge in [0.05, 0.1) is 5.60 Å². The molecule has 0 aliphatic heterocycles. The third-order valence-corrected chi connectivity index (χ3v) is 4.14. The SMILES string of the molecule is CNC(CSc1cc(F)ccc1F)C(C)(C)OC. The van der Waals surface area contributed by atoms with Gasteiger partial charge in [-0.05, 0) is 39.1 Å². The number of halogens is 2. The fourth-order valence-electron chi connectivity index (χ4n) is 1.53. The van der Waals surface area contributed by atoms with Crippen LogP contribution in [0, 0.1) is 11.6 Å². The number of nitrogens with one attached hydrogen (secondary N) is 1. The molecular weight excluding hydrogens is 256 g/mol. The molecule has 1 atom stereocenters. The van der Waals surface area contributed by atoms with Gasteiger partial charge in [0.15, 0.2) is 0 Å². The highest BCUT2D eigenvalue weighted by molar-refractivity contribution is 7.99. The monoisotopic (exact) mass is 275 g/mol. The second kappa shape index (κ2) is 6.50. The van der Waals surface area contributed by atoms with E-state index in [1.165, 1.54) is 17.8 Å². The summed E-state index contributed by atoms with van der Waals surface area (Å²) in [5, 5.41) is 3.14. The maximum atomic E-state index is 13.5. The number of thioether (sulfide) groups is 1. The Balaban J connectivity index is 2.71. The molecule has 0 aliphatic carbocycles. The summed E-state index contributed by atoms with van der Waals surface area (Å²) >= 11 is 1.28. The molecule has 0 spiro atoms. The van der Waals surface area contributed by atoms with E-state index in [9.17, 15) is 8.78 Å². The van der Waals surface area contributed by atoms with Gasteiger partial charge in [0.1, 0.15) is 11.6 Å². The molecule has 0 heterocycles. The first-order chi connectivity index (χ1) is 8.40. The molecule has 0 bridgehead atoms. The van der Waals surface area contributed by atoms with Crippen LogP contribution in [0.3, 0.4) is 0 Å². The van der Waals surface area contributed by atoms with Gasteiger partial charge in [0, 0.05) is 23.8 Å². The number of ether oxygens (including phenoxy) is 1. The van der Waals surface area contributed by atoms with Crippen LogP contribution in [0.5, 0.6) is 0 Å². The van der Waals surface area contributed by atoms with Crippen molar-refractivity contribution < 1.29 is 13.5 Å². The van der Waals surface area contributed by atoms with Gasteiger partial charge in [-0.1, -0.05) is 0 Å². The largest absolute Gasteiger partial charge is 0.377 e. The first-order valence-electron chi connectivity index (χ1n) is 5.71. The summed E-state index contributed by atoms with van der Waals surface area (Å²) in [7, 11) is 3.46. The third-order valence-electron chi connectivity index (χ3n) is 3.01. The topological polar surface area (TPSA) is 21.3 Å². The molecule has 0 amide bonds. The number of likely N-dealkylation sites (N-methyl/N-ethyl adjacent to an activating group) is 1. The number of hydrogen-bond donors (Lipinski definition) is 1. The summed E-state index contributed by atoms with van der Waals surface area (Å²) in [5.41, 5.74) is -0.369. The molecule has 1 N–H and O–H groups in total. The van der Waals surface area contributed by atoms with E-state index in [1.54, 1.807) is 7.11 Å². The number of rotatable bonds is 6. The Labute approximate surface area is 111 Å². The number of methoxy groups -OCH3 is 1. The minimum atomic E-state index is -0.425. The fourth-order valence-corrected chi connectivity index (χ4v) is 2.85. The van der Waals surface area contributed by atoms with E-state index in [0.717, 1.165) is 12.1 Å². The second-order valence-corrected chi connectivity index (χ2v) is 5.60. The smallest absolute Gasteiger partial charge is 0.136 e. The van der Waals surface area contributed by atoms with Crippen molar-refractivity contribution >= 4 is 11.8 Å². The minimum absolute atomic E-state index is 0.0372. The van der Waals surface area contributed by atoms with Crippen LogP contribution in [0.15, 0.2) is 23.1 Å². The van der Waals surface area contributed by atoms with Gasteiger partial charge in [0.25, 0.3) is 0 Å². The van der Waals surface area contributed by atoms with Crippen LogP contribution in [-0.4, -0.2) is 31.6 Å². The molecule has 1 unspecified atom stereocenters. The lowest BCUT2D eigenvalue weighted by atomic mass is 10.0. The van der Waals surface area contributed by atoms with E-state index < -0.39 is 11.6 Å². The van der Waals surface area contributed by atoms with Crippen LogP contribution in [0.1, 0.15) is 13.8 Å². The molecule has 0 saturated carbocycles. The molecule has 102 valence electrons. The van der Waals surface area contributed by atoms with Crippen molar-refractivity contribution in [3.05, 3.63) is 29.8 Å². The zero-order chi connectivity index (χ0) is 13.8. The molecular formula is C13H19F2NOS. The molecule has 0 fully saturated rings. The Bertz CT molecular complexity index is 399. The summed E-state index contributed by atoms with van der Waals surface area (Å²) in [6.07, 6.45) is 0. The van der Waals surface area contributed by atoms with Gasteiger partial charge in [-0.25, -0.2) is 8.78 Å². The van der Waals surface area contributed by atoms with Crippen molar-refractivity contribution in [2.45, 2.75) is 30.4 Å². The van der Waals surface area contributed by atoms with Gasteiger partial charge in [-0.2, -0.15) is 0 Å². The Morgan fingerprint density at radius 1 is 1.39 bits per heavy atom. The van der Waals surface area contributed by atoms with Gasteiger partial charge in [-0.3, -0.25) is 0 Å². The molecule has 18 heavy (non-hydrogen) atoms. The predicted octanol–water partition coefficient (Wildman–Crippen LogP) is 3.07. The van der Waals surface area contributed by atoms with E-state index >= 15 is 0 Å². The summed E-state index contributed by atoms with van der Waals surface area (Å²) in [6.45, 7) is 3.91. The van der Waals surface area contributed by atoms with Crippen LogP contribution in [0.25, 0.3) is 0 Å². The first-order valence-corrected chi connectivity index (χ1v) is 6.69. The summed E-state index contributed by atoms with van der Waals surface area (Å²) in [4.78, 5) is 0.321. The second-order valence-electron chi connectivity index (χ2n) is 4.53. The standard InChI is InChI=1S/C13H19F2NOS/c1-13(2,17-4)12(16-3)8-18-11-7-9(14)5-6-10(11)15/h5-7,12,16H,8H2,1-4H3. The van der Waals surface area contributed by atoms with Gasteiger partial charge in [0.2, 0.25) is 0 Å². The normalized spacial score (nSPS) is 13.7. The predicted molar refractivity (Wildman–Crippen MR) is 71.0 cm³/mol. The molecule has 0 aliphatic rings. The molecule has 1 aromatic carbocycles. The lowest BCUT2D eigenvalue weighted by Gasteiger charge is -2.32. The summed E-state index contributed by atoms with van der Waals surface area (Å²) < 4.78 is 31.9. The lowest BCUT2D eigenvalue weighted by molar-refractivity contribution is -0.00156. The van der Waals surface area contributed by atoms with E-state index in [1.807, 2.05) is 20.9 Å². The summed E-state index contributed by atoms with van der Waals surface area (Å²) in [6, 6.07) is 3.52. The minimum Gasteiger partial charge on any atom is -0.377 e. The van der Waals surface area contributed by atoms with Crippen LogP contribution in [-0.2, 0) is 4.74 Å². The zero-order valence-electron chi connectivity index (χ0n) is 11.1. The molecule has 2 nitrogen and oxygen atoms in total.